The van der Waals surface area contributed by atoms with Crippen LogP contribution in [0.5, 0.6) is 0 Å². The summed E-state index contributed by atoms with van der Waals surface area (Å²) in [5.41, 5.74) is 1.60. The van der Waals surface area contributed by atoms with Crippen LogP contribution in [0.25, 0.3) is 11.2 Å². The number of pyridine rings is 1. The van der Waals surface area contributed by atoms with Gasteiger partial charge in [0, 0.05) is 13.2 Å². The summed E-state index contributed by atoms with van der Waals surface area (Å²) in [6, 6.07) is 3.82. The Labute approximate surface area is 112 Å². The van der Waals surface area contributed by atoms with Gasteiger partial charge in [-0.25, -0.2) is 9.97 Å². The number of fused-ring (bicyclic) bond motifs is 1. The molecule has 0 saturated carbocycles. The summed E-state index contributed by atoms with van der Waals surface area (Å²) >= 11 is 0. The number of hydrogen-bond donors (Lipinski definition) is 0. The van der Waals surface area contributed by atoms with Crippen LogP contribution in [0.3, 0.4) is 0 Å². The van der Waals surface area contributed by atoms with Gasteiger partial charge in [0.1, 0.15) is 11.7 Å². The van der Waals surface area contributed by atoms with E-state index < -0.39 is 0 Å². The van der Waals surface area contributed by atoms with Gasteiger partial charge in [-0.2, -0.15) is 0 Å². The fourth-order valence-electron chi connectivity index (χ4n) is 2.24. The molecule has 1 atom stereocenters. The minimum absolute atomic E-state index is 0.206. The monoisotopic (exact) mass is 261 g/mol. The van der Waals surface area contributed by atoms with E-state index in [0.717, 1.165) is 24.2 Å². The second-order valence-electron chi connectivity index (χ2n) is 4.47. The first-order valence-corrected chi connectivity index (χ1v) is 6.63. The van der Waals surface area contributed by atoms with Gasteiger partial charge in [-0.3, -0.25) is 4.79 Å². The number of carbonyl (C=O) groups is 1. The molecular weight excluding hydrogens is 242 g/mol. The SMILES string of the molecule is CCCC(C(=O)OCC)c1nc2ncccc2n1C. The second kappa shape index (κ2) is 5.82. The lowest BCUT2D eigenvalue weighted by Crippen LogP contribution is -2.19. The molecule has 0 N–H and O–H groups in total. The third-order valence-electron chi connectivity index (χ3n) is 3.15. The van der Waals surface area contributed by atoms with Crippen molar-refractivity contribution in [1.29, 1.82) is 0 Å². The summed E-state index contributed by atoms with van der Waals surface area (Å²) in [6.07, 6.45) is 3.34. The van der Waals surface area contributed by atoms with E-state index in [-0.39, 0.29) is 11.9 Å². The highest BCUT2D eigenvalue weighted by Crippen LogP contribution is 2.24. The maximum Gasteiger partial charge on any atom is 0.316 e. The highest BCUT2D eigenvalue weighted by molar-refractivity contribution is 5.79. The summed E-state index contributed by atoms with van der Waals surface area (Å²) in [5, 5.41) is 0. The van der Waals surface area contributed by atoms with E-state index in [9.17, 15) is 4.79 Å². The fourth-order valence-corrected chi connectivity index (χ4v) is 2.24. The number of nitrogens with zero attached hydrogens (tertiary/aromatic N) is 3. The normalized spacial score (nSPS) is 12.6. The van der Waals surface area contributed by atoms with Crippen LogP contribution in [0.4, 0.5) is 0 Å². The topological polar surface area (TPSA) is 57.0 Å². The minimum Gasteiger partial charge on any atom is -0.465 e. The molecule has 0 radical (unpaired) electrons. The lowest BCUT2D eigenvalue weighted by molar-refractivity contribution is -0.145. The van der Waals surface area contributed by atoms with Gasteiger partial charge in [-0.1, -0.05) is 13.3 Å². The van der Waals surface area contributed by atoms with Gasteiger partial charge in [-0.05, 0) is 25.5 Å². The first-order chi connectivity index (χ1) is 9.19. The smallest absolute Gasteiger partial charge is 0.316 e. The number of imidazole rings is 1. The standard InChI is InChI=1S/C14H19N3O2/c1-4-7-10(14(18)19-5-2)13-16-12-11(17(13)3)8-6-9-15-12/h6,8-10H,4-5,7H2,1-3H3. The molecule has 0 aromatic carbocycles. The molecule has 0 amide bonds. The van der Waals surface area contributed by atoms with E-state index in [4.69, 9.17) is 4.74 Å². The fraction of sp³-hybridized carbons (Fsp3) is 0.500. The van der Waals surface area contributed by atoms with Crippen molar-refractivity contribution >= 4 is 17.1 Å². The van der Waals surface area contributed by atoms with Gasteiger partial charge in [0.15, 0.2) is 5.65 Å². The highest BCUT2D eigenvalue weighted by atomic mass is 16.5. The van der Waals surface area contributed by atoms with Crippen molar-refractivity contribution in [3.8, 4) is 0 Å². The summed E-state index contributed by atoms with van der Waals surface area (Å²) in [6.45, 7) is 4.26. The molecule has 2 heterocycles. The van der Waals surface area contributed by atoms with Gasteiger partial charge >= 0.3 is 5.97 Å². The molecule has 102 valence electrons. The molecule has 2 aromatic rings. The van der Waals surface area contributed by atoms with Crippen LogP contribution < -0.4 is 0 Å². The molecule has 5 heteroatoms. The quantitative estimate of drug-likeness (QED) is 0.776. The van der Waals surface area contributed by atoms with Gasteiger partial charge in [0.05, 0.1) is 12.1 Å². The van der Waals surface area contributed by atoms with Crippen LogP contribution in [-0.4, -0.2) is 27.1 Å². The predicted molar refractivity (Wildman–Crippen MR) is 72.8 cm³/mol. The average Bonchev–Trinajstić information content (AvgIpc) is 2.74. The zero-order chi connectivity index (χ0) is 13.8. The molecule has 2 aromatic heterocycles. The number of aryl methyl sites for hydroxylation is 1. The molecule has 19 heavy (non-hydrogen) atoms. The van der Waals surface area contributed by atoms with Crippen LogP contribution in [0.2, 0.25) is 0 Å². The Bertz CT molecular complexity index is 577. The number of carbonyl (C=O) groups excluding carboxylic acids is 1. The molecule has 0 spiro atoms. The van der Waals surface area contributed by atoms with Crippen LogP contribution in [0.15, 0.2) is 18.3 Å². The number of esters is 1. The largest absolute Gasteiger partial charge is 0.465 e. The summed E-state index contributed by atoms with van der Waals surface area (Å²) < 4.78 is 7.08. The van der Waals surface area contributed by atoms with Crippen molar-refractivity contribution < 1.29 is 9.53 Å². The van der Waals surface area contributed by atoms with Crippen LogP contribution in [0, 0.1) is 0 Å². The molecular formula is C14H19N3O2. The molecule has 0 saturated heterocycles. The van der Waals surface area contributed by atoms with Crippen LogP contribution >= 0.6 is 0 Å². The molecule has 1 unspecified atom stereocenters. The molecule has 0 aliphatic rings. The van der Waals surface area contributed by atoms with Crippen molar-refractivity contribution in [1.82, 2.24) is 14.5 Å². The first-order valence-electron chi connectivity index (χ1n) is 6.63. The van der Waals surface area contributed by atoms with Gasteiger partial charge in [0.2, 0.25) is 0 Å². The highest BCUT2D eigenvalue weighted by Gasteiger charge is 2.26. The Hall–Kier alpha value is -1.91. The van der Waals surface area contributed by atoms with E-state index in [1.165, 1.54) is 0 Å². The molecule has 0 fully saturated rings. The number of rotatable bonds is 5. The number of hydrogen-bond acceptors (Lipinski definition) is 4. The summed E-state index contributed by atoms with van der Waals surface area (Å²) in [4.78, 5) is 20.8. The first kappa shape index (κ1) is 13.5. The Balaban J connectivity index is 2.44. The van der Waals surface area contributed by atoms with Crippen LogP contribution in [0.1, 0.15) is 38.4 Å². The van der Waals surface area contributed by atoms with E-state index in [1.54, 1.807) is 6.20 Å². The lowest BCUT2D eigenvalue weighted by atomic mass is 10.0. The Morgan fingerprint density at radius 2 is 2.26 bits per heavy atom. The van der Waals surface area contributed by atoms with Crippen molar-refractivity contribution in [2.24, 2.45) is 7.05 Å². The lowest BCUT2D eigenvalue weighted by Gasteiger charge is -2.14. The van der Waals surface area contributed by atoms with Crippen molar-refractivity contribution in [2.75, 3.05) is 6.61 Å². The van der Waals surface area contributed by atoms with Gasteiger partial charge in [0.25, 0.3) is 0 Å². The third kappa shape index (κ3) is 2.59. The molecule has 0 aliphatic heterocycles. The maximum atomic E-state index is 12.1. The third-order valence-corrected chi connectivity index (χ3v) is 3.15. The Kier molecular flexibility index (Phi) is 4.14. The van der Waals surface area contributed by atoms with Gasteiger partial charge in [-0.15, -0.1) is 0 Å². The minimum atomic E-state index is -0.316. The van der Waals surface area contributed by atoms with Gasteiger partial charge < -0.3 is 9.30 Å². The molecule has 0 bridgehead atoms. The predicted octanol–water partition coefficient (Wildman–Crippen LogP) is 2.42. The average molecular weight is 261 g/mol. The van der Waals surface area contributed by atoms with Crippen LogP contribution in [-0.2, 0) is 16.6 Å². The van der Waals surface area contributed by atoms with E-state index in [1.807, 2.05) is 37.6 Å². The Morgan fingerprint density at radius 1 is 1.47 bits per heavy atom. The zero-order valence-electron chi connectivity index (χ0n) is 11.6. The second-order valence-corrected chi connectivity index (χ2v) is 4.47. The maximum absolute atomic E-state index is 12.1. The molecule has 0 aliphatic carbocycles. The van der Waals surface area contributed by atoms with E-state index >= 15 is 0 Å². The number of ether oxygens (including phenoxy) is 1. The number of aromatic nitrogens is 3. The van der Waals surface area contributed by atoms with E-state index in [0.29, 0.717) is 12.3 Å². The van der Waals surface area contributed by atoms with Crippen molar-refractivity contribution in [2.45, 2.75) is 32.6 Å². The summed E-state index contributed by atoms with van der Waals surface area (Å²) in [7, 11) is 1.91. The summed E-state index contributed by atoms with van der Waals surface area (Å²) in [5.74, 6) is 0.209. The van der Waals surface area contributed by atoms with Crippen molar-refractivity contribution in [3.05, 3.63) is 24.2 Å². The van der Waals surface area contributed by atoms with E-state index in [2.05, 4.69) is 9.97 Å². The molecule has 2 rings (SSSR count). The molecule has 5 nitrogen and oxygen atoms in total. The Morgan fingerprint density at radius 3 is 2.89 bits per heavy atom. The zero-order valence-corrected chi connectivity index (χ0v) is 11.6. The van der Waals surface area contributed by atoms with Crippen molar-refractivity contribution in [3.63, 3.8) is 0 Å².